The van der Waals surface area contributed by atoms with Crippen molar-refractivity contribution >= 4 is 41.0 Å². The van der Waals surface area contributed by atoms with Crippen LogP contribution in [-0.2, 0) is 10.2 Å². The van der Waals surface area contributed by atoms with Crippen LogP contribution in [-0.4, -0.2) is 47.9 Å². The van der Waals surface area contributed by atoms with Crippen molar-refractivity contribution in [2.24, 2.45) is 10.4 Å². The largest absolute Gasteiger partial charge is 0.506 e. The normalized spacial score (nSPS) is 25.2. The molecule has 2 fully saturated rings. The quantitative estimate of drug-likeness (QED) is 0.322. The lowest BCUT2D eigenvalue weighted by molar-refractivity contribution is -0.119. The molecule has 0 unspecified atom stereocenters. The van der Waals surface area contributed by atoms with E-state index >= 15 is 8.78 Å². The summed E-state index contributed by atoms with van der Waals surface area (Å²) in [6.07, 6.45) is 2.19. The molecule has 1 amide bonds. The number of phenolic OH excluding ortho intramolecular Hbond substituents is 1. The van der Waals surface area contributed by atoms with Crippen LogP contribution in [0.5, 0.6) is 5.75 Å². The van der Waals surface area contributed by atoms with Crippen molar-refractivity contribution in [1.82, 2.24) is 4.90 Å². The molecule has 5 rings (SSSR count). The number of hydrogen-bond acceptors (Lipinski definition) is 4. The second-order valence-electron chi connectivity index (χ2n) is 11.7. The molecule has 40 heavy (non-hydrogen) atoms. The number of carbonyl (C=O) groups is 1. The van der Waals surface area contributed by atoms with Crippen LogP contribution in [0.2, 0.25) is 10.0 Å². The van der Waals surface area contributed by atoms with Crippen molar-refractivity contribution in [1.29, 1.82) is 0 Å². The molecular weight excluding hydrogens is 555 g/mol. The molecule has 0 spiro atoms. The molecule has 3 aromatic rings. The van der Waals surface area contributed by atoms with Crippen LogP contribution in [0.25, 0.3) is 0 Å². The molecule has 5 nitrogen and oxygen atoms in total. The van der Waals surface area contributed by atoms with Gasteiger partial charge in [-0.3, -0.25) is 19.6 Å². The molecule has 210 valence electrons. The van der Waals surface area contributed by atoms with Crippen LogP contribution in [0.4, 0.5) is 14.5 Å². The third-order valence-electron chi connectivity index (χ3n) is 8.00. The van der Waals surface area contributed by atoms with Crippen molar-refractivity contribution in [2.45, 2.75) is 50.6 Å². The number of halogens is 4. The van der Waals surface area contributed by atoms with E-state index in [2.05, 4.69) is 25.8 Å². The molecule has 0 aromatic heterocycles. The van der Waals surface area contributed by atoms with Crippen LogP contribution in [0.1, 0.15) is 44.2 Å². The van der Waals surface area contributed by atoms with Gasteiger partial charge in [-0.15, -0.1) is 0 Å². The summed E-state index contributed by atoms with van der Waals surface area (Å²) in [5, 5.41) is 10.8. The zero-order valence-electron chi connectivity index (χ0n) is 22.7. The Morgan fingerprint density at radius 2 is 1.82 bits per heavy atom. The summed E-state index contributed by atoms with van der Waals surface area (Å²) in [5.41, 5.74) is -0.696. The average Bonchev–Trinajstić information content (AvgIpc) is 3.33. The maximum absolute atomic E-state index is 16.0. The number of phenols is 1. The van der Waals surface area contributed by atoms with E-state index in [9.17, 15) is 9.90 Å². The van der Waals surface area contributed by atoms with Gasteiger partial charge in [-0.25, -0.2) is 8.78 Å². The Morgan fingerprint density at radius 1 is 1.10 bits per heavy atom. The lowest BCUT2D eigenvalue weighted by Gasteiger charge is -2.42. The maximum Gasteiger partial charge on any atom is 0.246 e. The molecular formula is C31H31Cl2F2N3O2. The van der Waals surface area contributed by atoms with Gasteiger partial charge >= 0.3 is 0 Å². The standard InChI is InChI=1S/C31H31Cl2F2N3O2/c1-30(2,3)15-25-31(16-36-4,20-13-12-18(32)14-22(20)34)26(19-8-7-9-21(33)27(19)35)28-29(40)37(17-38(25)28)23-10-5-6-11-24(23)39/h5-14,16,25-26,28,39H,15,17H2,1-4H3/t25-,26-,28+,31-/m0/s1. The SMILES string of the molecule is CN=C[C@]1(c2ccc(Cl)cc2F)[C@H](CC(C)(C)C)N2CN(c3ccccc3O)C(=O)[C@H]2[C@@H]1c1cccc(Cl)c1F. The number of amides is 1. The first-order valence-corrected chi connectivity index (χ1v) is 13.8. The van der Waals surface area contributed by atoms with Crippen LogP contribution in [0.15, 0.2) is 65.7 Å². The van der Waals surface area contributed by atoms with Crippen molar-refractivity contribution < 1.29 is 18.7 Å². The number of rotatable bonds is 5. The molecule has 0 saturated carbocycles. The minimum Gasteiger partial charge on any atom is -0.506 e. The number of hydrogen-bond donors (Lipinski definition) is 1. The van der Waals surface area contributed by atoms with Crippen LogP contribution >= 0.6 is 23.2 Å². The highest BCUT2D eigenvalue weighted by molar-refractivity contribution is 6.31. The van der Waals surface area contributed by atoms with E-state index in [1.54, 1.807) is 55.7 Å². The van der Waals surface area contributed by atoms with E-state index in [0.29, 0.717) is 12.1 Å². The van der Waals surface area contributed by atoms with Gasteiger partial charge in [0.25, 0.3) is 0 Å². The summed E-state index contributed by atoms with van der Waals surface area (Å²) in [7, 11) is 1.59. The molecule has 0 aliphatic carbocycles. The molecule has 0 bridgehead atoms. The molecule has 1 N–H and O–H groups in total. The maximum atomic E-state index is 16.0. The van der Waals surface area contributed by atoms with Gasteiger partial charge in [-0.05, 0) is 47.7 Å². The van der Waals surface area contributed by atoms with E-state index in [1.807, 2.05) is 4.90 Å². The summed E-state index contributed by atoms with van der Waals surface area (Å²) in [5.74, 6) is -2.50. The van der Waals surface area contributed by atoms with Crippen LogP contribution < -0.4 is 4.90 Å². The fourth-order valence-electron chi connectivity index (χ4n) is 6.57. The molecule has 2 saturated heterocycles. The first-order valence-electron chi connectivity index (χ1n) is 13.1. The van der Waals surface area contributed by atoms with E-state index in [0.717, 1.165) is 0 Å². The monoisotopic (exact) mass is 585 g/mol. The van der Waals surface area contributed by atoms with Gasteiger partial charge in [0, 0.05) is 35.8 Å². The minimum atomic E-state index is -1.26. The predicted octanol–water partition coefficient (Wildman–Crippen LogP) is 7.19. The Balaban J connectivity index is 1.84. The third-order valence-corrected chi connectivity index (χ3v) is 8.53. The van der Waals surface area contributed by atoms with Crippen LogP contribution in [0, 0.1) is 17.0 Å². The number of aliphatic imine (C=N–C) groups is 1. The zero-order valence-corrected chi connectivity index (χ0v) is 24.2. The van der Waals surface area contributed by atoms with E-state index in [1.165, 1.54) is 23.1 Å². The highest BCUT2D eigenvalue weighted by Crippen LogP contribution is 2.58. The second-order valence-corrected chi connectivity index (χ2v) is 12.5. The third kappa shape index (κ3) is 4.58. The molecule has 2 aliphatic heterocycles. The van der Waals surface area contributed by atoms with E-state index < -0.39 is 35.1 Å². The number of benzene rings is 3. The summed E-state index contributed by atoms with van der Waals surface area (Å²) in [4.78, 5) is 22.3. The lowest BCUT2D eigenvalue weighted by Crippen LogP contribution is -2.50. The highest BCUT2D eigenvalue weighted by atomic mass is 35.5. The zero-order chi connectivity index (χ0) is 29.0. The van der Waals surface area contributed by atoms with Crippen molar-refractivity contribution in [3.63, 3.8) is 0 Å². The van der Waals surface area contributed by atoms with Crippen LogP contribution in [0.3, 0.4) is 0 Å². The Kier molecular flexibility index (Phi) is 7.44. The Bertz CT molecular complexity index is 1490. The topological polar surface area (TPSA) is 56.1 Å². The Morgan fingerprint density at radius 3 is 2.48 bits per heavy atom. The van der Waals surface area contributed by atoms with Crippen molar-refractivity contribution in [2.75, 3.05) is 18.6 Å². The first-order chi connectivity index (χ1) is 18.9. The van der Waals surface area contributed by atoms with Gasteiger partial charge in [0.1, 0.15) is 17.4 Å². The number of fused-ring (bicyclic) bond motifs is 1. The smallest absolute Gasteiger partial charge is 0.246 e. The number of anilines is 1. The van der Waals surface area contributed by atoms with E-state index in [-0.39, 0.29) is 44.9 Å². The number of para-hydroxylation sites is 2. The van der Waals surface area contributed by atoms with Crippen molar-refractivity contribution in [3.8, 4) is 5.75 Å². The molecule has 2 aliphatic rings. The second kappa shape index (κ2) is 10.4. The Labute approximate surface area is 243 Å². The Hall–Kier alpha value is -3.00. The number of aromatic hydroxyl groups is 1. The molecule has 0 radical (unpaired) electrons. The molecule has 3 aromatic carbocycles. The minimum absolute atomic E-state index is 0.0417. The summed E-state index contributed by atoms with van der Waals surface area (Å²) in [6, 6.07) is 14.4. The summed E-state index contributed by atoms with van der Waals surface area (Å²) in [6.45, 7) is 6.33. The van der Waals surface area contributed by atoms with Gasteiger partial charge < -0.3 is 5.11 Å². The number of nitrogens with zero attached hydrogens (tertiary/aromatic N) is 3. The van der Waals surface area contributed by atoms with Gasteiger partial charge in [0.15, 0.2) is 0 Å². The molecule has 2 heterocycles. The molecule has 9 heteroatoms. The van der Waals surface area contributed by atoms with Gasteiger partial charge in [0.2, 0.25) is 5.91 Å². The van der Waals surface area contributed by atoms with Gasteiger partial charge in [-0.1, -0.05) is 74.3 Å². The highest BCUT2D eigenvalue weighted by Gasteiger charge is 2.66. The van der Waals surface area contributed by atoms with Crippen molar-refractivity contribution in [3.05, 3.63) is 93.5 Å². The fraction of sp³-hybridized carbons (Fsp3) is 0.355. The lowest BCUT2D eigenvalue weighted by atomic mass is 9.62. The first kappa shape index (κ1) is 28.5. The summed E-state index contributed by atoms with van der Waals surface area (Å²) >= 11 is 12.4. The van der Waals surface area contributed by atoms with Gasteiger partial charge in [0.05, 0.1) is 28.8 Å². The van der Waals surface area contributed by atoms with E-state index in [4.69, 9.17) is 23.2 Å². The fourth-order valence-corrected chi connectivity index (χ4v) is 6.91. The summed E-state index contributed by atoms with van der Waals surface area (Å²) < 4.78 is 32.0. The number of carbonyl (C=O) groups excluding carboxylic acids is 1. The molecule has 4 atom stereocenters. The predicted molar refractivity (Wildman–Crippen MR) is 156 cm³/mol. The van der Waals surface area contributed by atoms with Gasteiger partial charge in [-0.2, -0.15) is 0 Å². The average molecular weight is 587 g/mol.